The standard InChI is InChI=1S/C16H25N3O/c1-13-3-5-14(6-4-13)11-18(2)16(20)12-19-9-7-15(17)8-10-19/h3-6,15H,7-12,17H2,1-2H3. The van der Waals surface area contributed by atoms with E-state index in [4.69, 9.17) is 5.73 Å². The van der Waals surface area contributed by atoms with Crippen LogP contribution in [-0.4, -0.2) is 48.4 Å². The molecular formula is C16H25N3O. The summed E-state index contributed by atoms with van der Waals surface area (Å²) in [7, 11) is 1.87. The maximum Gasteiger partial charge on any atom is 0.236 e. The van der Waals surface area contributed by atoms with Gasteiger partial charge in [-0.1, -0.05) is 29.8 Å². The highest BCUT2D eigenvalue weighted by Crippen LogP contribution is 2.10. The molecule has 0 bridgehead atoms. The van der Waals surface area contributed by atoms with Crippen LogP contribution in [0.25, 0.3) is 0 Å². The van der Waals surface area contributed by atoms with E-state index in [1.807, 2.05) is 7.05 Å². The average molecular weight is 275 g/mol. The van der Waals surface area contributed by atoms with Crippen LogP contribution in [0.1, 0.15) is 24.0 Å². The zero-order chi connectivity index (χ0) is 14.5. The third-order valence-corrected chi connectivity index (χ3v) is 3.96. The molecule has 0 atom stereocenters. The van der Waals surface area contributed by atoms with Crippen molar-refractivity contribution in [1.82, 2.24) is 9.80 Å². The van der Waals surface area contributed by atoms with E-state index in [1.165, 1.54) is 11.1 Å². The summed E-state index contributed by atoms with van der Waals surface area (Å²) >= 11 is 0. The summed E-state index contributed by atoms with van der Waals surface area (Å²) in [6.07, 6.45) is 1.99. The Bertz CT molecular complexity index is 436. The molecule has 0 radical (unpaired) electrons. The first-order valence-corrected chi connectivity index (χ1v) is 7.32. The summed E-state index contributed by atoms with van der Waals surface area (Å²) in [4.78, 5) is 16.2. The van der Waals surface area contributed by atoms with Crippen LogP contribution in [0.5, 0.6) is 0 Å². The van der Waals surface area contributed by atoms with Gasteiger partial charge in [0.2, 0.25) is 5.91 Å². The topological polar surface area (TPSA) is 49.6 Å². The molecule has 1 aliphatic heterocycles. The van der Waals surface area contributed by atoms with Crippen LogP contribution >= 0.6 is 0 Å². The molecule has 1 aromatic rings. The van der Waals surface area contributed by atoms with Gasteiger partial charge in [-0.2, -0.15) is 0 Å². The molecule has 1 heterocycles. The van der Waals surface area contributed by atoms with E-state index in [-0.39, 0.29) is 5.91 Å². The van der Waals surface area contributed by atoms with E-state index in [0.29, 0.717) is 19.1 Å². The number of rotatable bonds is 4. The molecule has 0 saturated carbocycles. The number of carbonyl (C=O) groups is 1. The van der Waals surface area contributed by atoms with Gasteiger partial charge in [-0.05, 0) is 25.3 Å². The second-order valence-electron chi connectivity index (χ2n) is 5.85. The van der Waals surface area contributed by atoms with Gasteiger partial charge in [-0.25, -0.2) is 0 Å². The molecule has 0 spiro atoms. The first kappa shape index (κ1) is 15.0. The molecule has 0 aliphatic carbocycles. The van der Waals surface area contributed by atoms with Crippen LogP contribution in [0.15, 0.2) is 24.3 Å². The predicted octanol–water partition coefficient (Wildman–Crippen LogP) is 1.38. The van der Waals surface area contributed by atoms with E-state index in [2.05, 4.69) is 36.1 Å². The van der Waals surface area contributed by atoms with Gasteiger partial charge >= 0.3 is 0 Å². The first-order valence-electron chi connectivity index (χ1n) is 7.32. The second kappa shape index (κ2) is 6.86. The van der Waals surface area contributed by atoms with Crippen molar-refractivity contribution < 1.29 is 4.79 Å². The SMILES string of the molecule is Cc1ccc(CN(C)C(=O)CN2CCC(N)CC2)cc1. The Morgan fingerprint density at radius 2 is 1.90 bits per heavy atom. The molecular weight excluding hydrogens is 250 g/mol. The molecule has 4 heteroatoms. The number of carbonyl (C=O) groups excluding carboxylic acids is 1. The van der Waals surface area contributed by atoms with E-state index in [9.17, 15) is 4.79 Å². The number of amides is 1. The van der Waals surface area contributed by atoms with E-state index in [1.54, 1.807) is 4.90 Å². The van der Waals surface area contributed by atoms with Crippen molar-refractivity contribution in [3.63, 3.8) is 0 Å². The van der Waals surface area contributed by atoms with Gasteiger partial charge in [-0.15, -0.1) is 0 Å². The molecule has 0 unspecified atom stereocenters. The number of hydrogen-bond donors (Lipinski definition) is 1. The van der Waals surface area contributed by atoms with E-state index in [0.717, 1.165) is 25.9 Å². The normalized spacial score (nSPS) is 17.1. The lowest BCUT2D eigenvalue weighted by Crippen LogP contribution is -2.44. The van der Waals surface area contributed by atoms with Crippen molar-refractivity contribution in [2.45, 2.75) is 32.4 Å². The molecule has 0 aromatic heterocycles. The third-order valence-electron chi connectivity index (χ3n) is 3.96. The maximum atomic E-state index is 12.2. The number of hydrogen-bond acceptors (Lipinski definition) is 3. The monoisotopic (exact) mass is 275 g/mol. The quantitative estimate of drug-likeness (QED) is 0.903. The summed E-state index contributed by atoms with van der Waals surface area (Å²) in [5.74, 6) is 0.182. The lowest BCUT2D eigenvalue weighted by atomic mass is 10.1. The van der Waals surface area contributed by atoms with E-state index >= 15 is 0 Å². The molecule has 4 nitrogen and oxygen atoms in total. The fraction of sp³-hybridized carbons (Fsp3) is 0.562. The Morgan fingerprint density at radius 3 is 2.50 bits per heavy atom. The third kappa shape index (κ3) is 4.32. The second-order valence-corrected chi connectivity index (χ2v) is 5.85. The number of aryl methyl sites for hydroxylation is 1. The summed E-state index contributed by atoms with van der Waals surface area (Å²) in [6, 6.07) is 8.64. The predicted molar refractivity (Wildman–Crippen MR) is 81.3 cm³/mol. The number of nitrogens with two attached hydrogens (primary N) is 1. The summed E-state index contributed by atoms with van der Waals surface area (Å²) < 4.78 is 0. The minimum atomic E-state index is 0.182. The summed E-state index contributed by atoms with van der Waals surface area (Å²) in [5, 5.41) is 0. The maximum absolute atomic E-state index is 12.2. The van der Waals surface area contributed by atoms with E-state index < -0.39 is 0 Å². The molecule has 20 heavy (non-hydrogen) atoms. The van der Waals surface area contributed by atoms with Crippen molar-refractivity contribution in [1.29, 1.82) is 0 Å². The van der Waals surface area contributed by atoms with Gasteiger partial charge in [0.05, 0.1) is 6.54 Å². The Kier molecular flexibility index (Phi) is 5.15. The Morgan fingerprint density at radius 1 is 1.30 bits per heavy atom. The number of piperidine rings is 1. The fourth-order valence-electron chi connectivity index (χ4n) is 2.48. The van der Waals surface area contributed by atoms with Gasteiger partial charge in [0, 0.05) is 32.7 Å². The van der Waals surface area contributed by atoms with Crippen LogP contribution < -0.4 is 5.73 Å². The minimum absolute atomic E-state index is 0.182. The first-order chi connectivity index (χ1) is 9.54. The van der Waals surface area contributed by atoms with Gasteiger partial charge in [0.15, 0.2) is 0 Å². The molecule has 110 valence electrons. The highest BCUT2D eigenvalue weighted by Gasteiger charge is 2.19. The lowest BCUT2D eigenvalue weighted by Gasteiger charge is -2.30. The Hall–Kier alpha value is -1.39. The van der Waals surface area contributed by atoms with Gasteiger partial charge in [0.1, 0.15) is 0 Å². The highest BCUT2D eigenvalue weighted by molar-refractivity contribution is 5.78. The molecule has 1 fully saturated rings. The number of likely N-dealkylation sites (N-methyl/N-ethyl adjacent to an activating group) is 1. The van der Waals surface area contributed by atoms with Crippen LogP contribution in [0.3, 0.4) is 0 Å². The van der Waals surface area contributed by atoms with Gasteiger partial charge in [0.25, 0.3) is 0 Å². The number of benzene rings is 1. The minimum Gasteiger partial charge on any atom is -0.340 e. The molecule has 1 saturated heterocycles. The molecule has 1 amide bonds. The number of likely N-dealkylation sites (tertiary alicyclic amines) is 1. The lowest BCUT2D eigenvalue weighted by molar-refractivity contribution is -0.131. The zero-order valence-corrected chi connectivity index (χ0v) is 12.5. The molecule has 1 aliphatic rings. The summed E-state index contributed by atoms with van der Waals surface area (Å²) in [6.45, 7) is 5.12. The van der Waals surface area contributed by atoms with Crippen molar-refractivity contribution in [2.24, 2.45) is 5.73 Å². The number of nitrogens with zero attached hydrogens (tertiary/aromatic N) is 2. The molecule has 2 rings (SSSR count). The smallest absolute Gasteiger partial charge is 0.236 e. The Balaban J connectivity index is 1.81. The zero-order valence-electron chi connectivity index (χ0n) is 12.5. The molecule has 1 aromatic carbocycles. The van der Waals surface area contributed by atoms with Crippen LogP contribution in [0.4, 0.5) is 0 Å². The largest absolute Gasteiger partial charge is 0.340 e. The van der Waals surface area contributed by atoms with Gasteiger partial charge < -0.3 is 10.6 Å². The van der Waals surface area contributed by atoms with Crippen LogP contribution in [0, 0.1) is 6.92 Å². The van der Waals surface area contributed by atoms with Gasteiger partial charge in [-0.3, -0.25) is 9.69 Å². The highest BCUT2D eigenvalue weighted by atomic mass is 16.2. The average Bonchev–Trinajstić information content (AvgIpc) is 2.44. The van der Waals surface area contributed by atoms with Crippen molar-refractivity contribution >= 4 is 5.91 Å². The van der Waals surface area contributed by atoms with Crippen molar-refractivity contribution in [2.75, 3.05) is 26.7 Å². The Labute approximate surface area is 121 Å². The summed E-state index contributed by atoms with van der Waals surface area (Å²) in [5.41, 5.74) is 8.30. The van der Waals surface area contributed by atoms with Crippen molar-refractivity contribution in [3.8, 4) is 0 Å². The van der Waals surface area contributed by atoms with Crippen LogP contribution in [-0.2, 0) is 11.3 Å². The molecule has 2 N–H and O–H groups in total. The van der Waals surface area contributed by atoms with Crippen molar-refractivity contribution in [3.05, 3.63) is 35.4 Å². The fourth-order valence-corrected chi connectivity index (χ4v) is 2.48. The van der Waals surface area contributed by atoms with Crippen LogP contribution in [0.2, 0.25) is 0 Å².